The maximum atomic E-state index is 12.0. The number of nitrogen functional groups attached to an aromatic ring is 1. The quantitative estimate of drug-likeness (QED) is 0.821. The molecule has 1 saturated heterocycles. The van der Waals surface area contributed by atoms with Gasteiger partial charge in [-0.1, -0.05) is 0 Å². The molecule has 1 aliphatic heterocycles. The third kappa shape index (κ3) is 1.82. The first-order valence-corrected chi connectivity index (χ1v) is 5.77. The summed E-state index contributed by atoms with van der Waals surface area (Å²) in [5.41, 5.74) is 6.82. The zero-order valence-electron chi connectivity index (χ0n) is 9.74. The van der Waals surface area contributed by atoms with Gasteiger partial charge in [0.2, 0.25) is 0 Å². The molecule has 0 aliphatic carbocycles. The predicted molar refractivity (Wildman–Crippen MR) is 63.7 cm³/mol. The largest absolute Gasteiger partial charge is 0.382 e. The molecule has 0 spiro atoms. The van der Waals surface area contributed by atoms with Gasteiger partial charge in [0.05, 0.1) is 19.5 Å². The Bertz CT molecular complexity index is 588. The van der Waals surface area contributed by atoms with Gasteiger partial charge in [-0.3, -0.25) is 4.79 Å². The highest BCUT2D eigenvalue weighted by Gasteiger charge is 2.24. The predicted octanol–water partition coefficient (Wildman–Crippen LogP) is 0.0141. The molecule has 3 rings (SSSR count). The number of imidazole rings is 1. The molecule has 0 saturated carbocycles. The summed E-state index contributed by atoms with van der Waals surface area (Å²) in [6.45, 7) is 1.43. The van der Waals surface area contributed by atoms with Crippen molar-refractivity contribution in [1.82, 2.24) is 19.5 Å². The number of Topliss-reactive ketones (excluding diaryl/α,β-unsaturated/α-hetero) is 1. The molecule has 94 valence electrons. The molecule has 2 aromatic rings. The molecule has 1 aliphatic rings. The lowest BCUT2D eigenvalue weighted by Gasteiger charge is -2.07. The van der Waals surface area contributed by atoms with Crippen LogP contribution in [0.4, 0.5) is 5.82 Å². The molecule has 7 heteroatoms. The van der Waals surface area contributed by atoms with Crippen LogP contribution in [0.25, 0.3) is 11.2 Å². The Hall–Kier alpha value is -2.02. The smallest absolute Gasteiger partial charge is 0.165 e. The fourth-order valence-electron chi connectivity index (χ4n) is 2.10. The van der Waals surface area contributed by atoms with E-state index < -0.39 is 0 Å². The summed E-state index contributed by atoms with van der Waals surface area (Å²) in [6, 6.07) is 0. The van der Waals surface area contributed by atoms with Crippen molar-refractivity contribution >= 4 is 22.8 Å². The van der Waals surface area contributed by atoms with Crippen molar-refractivity contribution in [2.75, 3.05) is 18.9 Å². The van der Waals surface area contributed by atoms with E-state index in [1.165, 1.54) is 6.33 Å². The van der Waals surface area contributed by atoms with Gasteiger partial charge in [-0.05, 0) is 6.42 Å². The molecule has 0 radical (unpaired) electrons. The lowest BCUT2D eigenvalue weighted by atomic mass is 10.0. The third-order valence-electron chi connectivity index (χ3n) is 3.14. The first kappa shape index (κ1) is 11.1. The Morgan fingerprint density at radius 1 is 1.50 bits per heavy atom. The molecule has 1 unspecified atom stereocenters. The minimum Gasteiger partial charge on any atom is -0.382 e. The second kappa shape index (κ2) is 4.34. The number of ketones is 1. The van der Waals surface area contributed by atoms with Crippen molar-refractivity contribution in [2.45, 2.75) is 13.0 Å². The second-order valence-electron chi connectivity index (χ2n) is 4.33. The summed E-state index contributed by atoms with van der Waals surface area (Å²) >= 11 is 0. The molecule has 2 N–H and O–H groups in total. The van der Waals surface area contributed by atoms with Crippen LogP contribution >= 0.6 is 0 Å². The fraction of sp³-hybridized carbons (Fsp3) is 0.455. The van der Waals surface area contributed by atoms with Crippen molar-refractivity contribution < 1.29 is 9.53 Å². The van der Waals surface area contributed by atoms with Gasteiger partial charge >= 0.3 is 0 Å². The van der Waals surface area contributed by atoms with Crippen LogP contribution in [0.3, 0.4) is 0 Å². The number of nitrogens with two attached hydrogens (primary N) is 1. The average Bonchev–Trinajstić information content (AvgIpc) is 2.99. The molecule has 7 nitrogen and oxygen atoms in total. The van der Waals surface area contributed by atoms with Gasteiger partial charge in [0, 0.05) is 12.5 Å². The SMILES string of the molecule is Nc1ncnc2c1ncn2CC(=O)C1CCOC1. The summed E-state index contributed by atoms with van der Waals surface area (Å²) in [4.78, 5) is 24.1. The molecular weight excluding hydrogens is 234 g/mol. The van der Waals surface area contributed by atoms with Gasteiger partial charge in [-0.2, -0.15) is 0 Å². The Kier molecular flexibility index (Phi) is 2.67. The van der Waals surface area contributed by atoms with Crippen LogP contribution in [0.1, 0.15) is 6.42 Å². The van der Waals surface area contributed by atoms with Crippen LogP contribution in [-0.4, -0.2) is 38.5 Å². The van der Waals surface area contributed by atoms with E-state index in [0.29, 0.717) is 30.2 Å². The zero-order chi connectivity index (χ0) is 12.5. The van der Waals surface area contributed by atoms with Crippen molar-refractivity contribution in [3.63, 3.8) is 0 Å². The number of hydrogen-bond donors (Lipinski definition) is 1. The summed E-state index contributed by atoms with van der Waals surface area (Å²) in [5, 5.41) is 0. The minimum atomic E-state index is -0.0124. The molecular formula is C11H13N5O2. The number of rotatable bonds is 3. The topological polar surface area (TPSA) is 95.9 Å². The van der Waals surface area contributed by atoms with E-state index in [1.54, 1.807) is 10.9 Å². The van der Waals surface area contributed by atoms with Gasteiger partial charge in [-0.25, -0.2) is 15.0 Å². The number of aromatic nitrogens is 4. The molecule has 1 atom stereocenters. The van der Waals surface area contributed by atoms with Gasteiger partial charge in [0.15, 0.2) is 17.2 Å². The van der Waals surface area contributed by atoms with E-state index in [9.17, 15) is 4.79 Å². The van der Waals surface area contributed by atoms with E-state index in [0.717, 1.165) is 6.42 Å². The Morgan fingerprint density at radius 3 is 3.17 bits per heavy atom. The van der Waals surface area contributed by atoms with Gasteiger partial charge in [0.25, 0.3) is 0 Å². The Balaban J connectivity index is 1.86. The zero-order valence-corrected chi connectivity index (χ0v) is 9.74. The molecule has 18 heavy (non-hydrogen) atoms. The van der Waals surface area contributed by atoms with Crippen LogP contribution in [0.15, 0.2) is 12.7 Å². The number of carbonyl (C=O) groups is 1. The number of carbonyl (C=O) groups excluding carboxylic acids is 1. The van der Waals surface area contributed by atoms with Gasteiger partial charge in [-0.15, -0.1) is 0 Å². The Morgan fingerprint density at radius 2 is 2.39 bits per heavy atom. The van der Waals surface area contributed by atoms with Gasteiger partial charge in [0.1, 0.15) is 11.8 Å². The highest BCUT2D eigenvalue weighted by molar-refractivity contribution is 5.85. The van der Waals surface area contributed by atoms with Crippen LogP contribution in [0, 0.1) is 5.92 Å². The van der Waals surface area contributed by atoms with Crippen molar-refractivity contribution in [2.24, 2.45) is 5.92 Å². The van der Waals surface area contributed by atoms with Crippen molar-refractivity contribution in [3.05, 3.63) is 12.7 Å². The summed E-state index contributed by atoms with van der Waals surface area (Å²) in [6.07, 6.45) is 3.74. The van der Waals surface area contributed by atoms with E-state index >= 15 is 0 Å². The van der Waals surface area contributed by atoms with Crippen molar-refractivity contribution in [1.29, 1.82) is 0 Å². The monoisotopic (exact) mass is 247 g/mol. The fourth-order valence-corrected chi connectivity index (χ4v) is 2.10. The first-order valence-electron chi connectivity index (χ1n) is 5.77. The maximum absolute atomic E-state index is 12.0. The van der Waals surface area contributed by atoms with Crippen LogP contribution in [-0.2, 0) is 16.1 Å². The molecule has 1 fully saturated rings. The average molecular weight is 247 g/mol. The number of nitrogens with zero attached hydrogens (tertiary/aromatic N) is 4. The third-order valence-corrected chi connectivity index (χ3v) is 3.14. The summed E-state index contributed by atoms with van der Waals surface area (Å²) in [7, 11) is 0. The normalized spacial score (nSPS) is 19.4. The van der Waals surface area contributed by atoms with E-state index in [4.69, 9.17) is 10.5 Å². The summed E-state index contributed by atoms with van der Waals surface area (Å²) in [5.74, 6) is 0.459. The van der Waals surface area contributed by atoms with Crippen LogP contribution in [0.5, 0.6) is 0 Å². The molecule has 0 amide bonds. The van der Waals surface area contributed by atoms with Crippen molar-refractivity contribution in [3.8, 4) is 0 Å². The van der Waals surface area contributed by atoms with E-state index in [-0.39, 0.29) is 18.2 Å². The second-order valence-corrected chi connectivity index (χ2v) is 4.33. The standard InChI is InChI=1S/C11H13N5O2/c12-10-9-11(14-5-13-10)16(6-15-9)3-8(17)7-1-2-18-4-7/h5-7H,1-4H2,(H2,12,13,14). The van der Waals surface area contributed by atoms with Crippen LogP contribution < -0.4 is 5.73 Å². The molecule has 0 bridgehead atoms. The van der Waals surface area contributed by atoms with E-state index in [2.05, 4.69) is 15.0 Å². The lowest BCUT2D eigenvalue weighted by molar-refractivity contribution is -0.123. The Labute approximate surface area is 103 Å². The number of anilines is 1. The molecule has 0 aromatic carbocycles. The highest BCUT2D eigenvalue weighted by Crippen LogP contribution is 2.17. The number of ether oxygens (including phenoxy) is 1. The van der Waals surface area contributed by atoms with E-state index in [1.807, 2.05) is 0 Å². The summed E-state index contributed by atoms with van der Waals surface area (Å²) < 4.78 is 6.92. The minimum absolute atomic E-state index is 0.0124. The van der Waals surface area contributed by atoms with Crippen LogP contribution in [0.2, 0.25) is 0 Å². The number of hydrogen-bond acceptors (Lipinski definition) is 6. The first-order chi connectivity index (χ1) is 8.75. The highest BCUT2D eigenvalue weighted by atomic mass is 16.5. The maximum Gasteiger partial charge on any atom is 0.165 e. The number of fused-ring (bicyclic) bond motifs is 1. The van der Waals surface area contributed by atoms with Gasteiger partial charge < -0.3 is 15.0 Å². The molecule has 2 aromatic heterocycles. The molecule has 3 heterocycles. The lowest BCUT2D eigenvalue weighted by Crippen LogP contribution is -2.20.